The number of nitrogens with one attached hydrogen (secondary N) is 1. The Kier molecular flexibility index (Phi) is 4.16. The zero-order valence-corrected chi connectivity index (χ0v) is 11.2. The second-order valence-corrected chi connectivity index (χ2v) is 4.97. The van der Waals surface area contributed by atoms with Crippen LogP contribution in [0.15, 0.2) is 36.4 Å². The van der Waals surface area contributed by atoms with Crippen LogP contribution in [0.25, 0.3) is 0 Å². The van der Waals surface area contributed by atoms with Crippen LogP contribution in [0, 0.1) is 11.3 Å². The molecule has 0 aliphatic heterocycles. The van der Waals surface area contributed by atoms with Gasteiger partial charge in [0.05, 0.1) is 12.7 Å². The van der Waals surface area contributed by atoms with Gasteiger partial charge < -0.3 is 10.1 Å². The number of benzene rings is 1. The Morgan fingerprint density at radius 3 is 2.95 bits per heavy atom. The third kappa shape index (κ3) is 3.33. The van der Waals surface area contributed by atoms with Crippen LogP contribution in [0.4, 0.5) is 5.69 Å². The number of carbonyl (C=O) groups excluding carboxylic acids is 1. The zero-order chi connectivity index (χ0) is 13.7. The van der Waals surface area contributed by atoms with E-state index in [0.717, 1.165) is 10.6 Å². The van der Waals surface area contributed by atoms with E-state index in [1.54, 1.807) is 24.3 Å². The van der Waals surface area contributed by atoms with Gasteiger partial charge in [0, 0.05) is 17.1 Å². The maximum absolute atomic E-state index is 11.4. The topological polar surface area (TPSA) is 62.1 Å². The monoisotopic (exact) mass is 272 g/mol. The van der Waals surface area contributed by atoms with Crippen molar-refractivity contribution in [3.8, 4) is 6.07 Å². The van der Waals surface area contributed by atoms with Crippen LogP contribution in [0.5, 0.6) is 0 Å². The first-order chi connectivity index (χ1) is 9.22. The summed E-state index contributed by atoms with van der Waals surface area (Å²) in [6, 6.07) is 12.9. The third-order valence-corrected chi connectivity index (χ3v) is 3.51. The molecule has 1 heterocycles. The Labute approximate surface area is 115 Å². The van der Waals surface area contributed by atoms with E-state index in [1.807, 2.05) is 12.1 Å². The highest BCUT2D eigenvalue weighted by molar-refractivity contribution is 7.12. The summed E-state index contributed by atoms with van der Waals surface area (Å²) >= 11 is 1.45. The number of carbonyl (C=O) groups is 1. The number of anilines is 1. The van der Waals surface area contributed by atoms with Crippen molar-refractivity contribution in [2.75, 3.05) is 12.4 Å². The predicted molar refractivity (Wildman–Crippen MR) is 74.1 cm³/mol. The normalized spacial score (nSPS) is 9.68. The molecule has 0 radical (unpaired) electrons. The first-order valence-electron chi connectivity index (χ1n) is 5.64. The fraction of sp³-hybridized carbons (Fsp3) is 0.143. The Hall–Kier alpha value is -2.32. The minimum atomic E-state index is -0.355. The van der Waals surface area contributed by atoms with Crippen LogP contribution in [-0.4, -0.2) is 13.1 Å². The number of esters is 1. The maximum Gasteiger partial charge on any atom is 0.337 e. The Balaban J connectivity index is 2.03. The van der Waals surface area contributed by atoms with Gasteiger partial charge in [-0.15, -0.1) is 11.3 Å². The highest BCUT2D eigenvalue weighted by atomic mass is 32.1. The van der Waals surface area contributed by atoms with Crippen molar-refractivity contribution in [2.24, 2.45) is 0 Å². The number of thiophene rings is 1. The lowest BCUT2D eigenvalue weighted by molar-refractivity contribution is 0.0601. The lowest BCUT2D eigenvalue weighted by atomic mass is 10.2. The van der Waals surface area contributed by atoms with E-state index >= 15 is 0 Å². The second-order valence-electron chi connectivity index (χ2n) is 3.80. The van der Waals surface area contributed by atoms with Crippen LogP contribution in [0.3, 0.4) is 0 Å². The first-order valence-corrected chi connectivity index (χ1v) is 6.45. The molecule has 0 atom stereocenters. The molecular formula is C14H12N2O2S. The zero-order valence-electron chi connectivity index (χ0n) is 10.3. The summed E-state index contributed by atoms with van der Waals surface area (Å²) in [6.07, 6.45) is 0. The first kappa shape index (κ1) is 13.1. The summed E-state index contributed by atoms with van der Waals surface area (Å²) in [6.45, 7) is 0.622. The van der Waals surface area contributed by atoms with Gasteiger partial charge >= 0.3 is 5.97 Å². The molecule has 1 aromatic heterocycles. The molecule has 96 valence electrons. The van der Waals surface area contributed by atoms with E-state index in [0.29, 0.717) is 17.0 Å². The molecule has 0 fully saturated rings. The van der Waals surface area contributed by atoms with E-state index < -0.39 is 0 Å². The molecule has 0 bridgehead atoms. The third-order valence-electron chi connectivity index (χ3n) is 2.52. The van der Waals surface area contributed by atoms with Gasteiger partial charge in [-0.3, -0.25) is 0 Å². The largest absolute Gasteiger partial charge is 0.465 e. The lowest BCUT2D eigenvalue weighted by Crippen LogP contribution is -2.03. The number of nitrogens with zero attached hydrogens (tertiary/aromatic N) is 1. The molecule has 0 unspecified atom stereocenters. The van der Waals surface area contributed by atoms with E-state index in [1.165, 1.54) is 18.4 Å². The molecule has 0 saturated heterocycles. The van der Waals surface area contributed by atoms with Gasteiger partial charge in [0.2, 0.25) is 0 Å². The summed E-state index contributed by atoms with van der Waals surface area (Å²) in [4.78, 5) is 13.2. The fourth-order valence-electron chi connectivity index (χ4n) is 1.60. The maximum atomic E-state index is 11.4. The molecule has 5 heteroatoms. The standard InChI is InChI=1S/C14H12N2O2S/c1-18-14(17)10-3-2-4-11(7-10)16-9-13-6-5-12(8-15)19-13/h2-7,16H,9H2,1H3. The van der Waals surface area contributed by atoms with Gasteiger partial charge in [0.1, 0.15) is 10.9 Å². The Morgan fingerprint density at radius 2 is 2.26 bits per heavy atom. The number of nitriles is 1. The van der Waals surface area contributed by atoms with Crippen molar-refractivity contribution in [1.29, 1.82) is 5.26 Å². The summed E-state index contributed by atoms with van der Waals surface area (Å²) in [5.74, 6) is -0.355. The summed E-state index contributed by atoms with van der Waals surface area (Å²) < 4.78 is 4.67. The van der Waals surface area contributed by atoms with Gasteiger partial charge in [0.15, 0.2) is 0 Å². The minimum absolute atomic E-state index is 0.355. The number of methoxy groups -OCH3 is 1. The molecule has 2 aromatic rings. The van der Waals surface area contributed by atoms with E-state index in [-0.39, 0.29) is 5.97 Å². The van der Waals surface area contributed by atoms with E-state index in [2.05, 4.69) is 16.1 Å². The smallest absolute Gasteiger partial charge is 0.337 e. The molecule has 0 aliphatic rings. The highest BCUT2D eigenvalue weighted by Gasteiger charge is 2.05. The van der Waals surface area contributed by atoms with Crippen molar-refractivity contribution in [2.45, 2.75) is 6.54 Å². The van der Waals surface area contributed by atoms with Crippen LogP contribution < -0.4 is 5.32 Å². The van der Waals surface area contributed by atoms with Crippen molar-refractivity contribution >= 4 is 23.0 Å². The van der Waals surface area contributed by atoms with Gasteiger partial charge in [-0.1, -0.05) is 6.07 Å². The average Bonchev–Trinajstić information content (AvgIpc) is 2.92. The van der Waals surface area contributed by atoms with Crippen molar-refractivity contribution in [1.82, 2.24) is 0 Å². The van der Waals surface area contributed by atoms with Crippen LogP contribution >= 0.6 is 11.3 Å². The minimum Gasteiger partial charge on any atom is -0.465 e. The second kappa shape index (κ2) is 6.03. The van der Waals surface area contributed by atoms with Gasteiger partial charge in [-0.25, -0.2) is 4.79 Å². The van der Waals surface area contributed by atoms with Crippen LogP contribution in [0.1, 0.15) is 20.1 Å². The lowest BCUT2D eigenvalue weighted by Gasteiger charge is -2.06. The number of ether oxygens (including phenoxy) is 1. The van der Waals surface area contributed by atoms with Gasteiger partial charge in [-0.05, 0) is 30.3 Å². The van der Waals surface area contributed by atoms with Crippen molar-refractivity contribution in [3.05, 3.63) is 51.7 Å². The molecule has 0 saturated carbocycles. The predicted octanol–water partition coefficient (Wildman–Crippen LogP) is 3.02. The number of hydrogen-bond donors (Lipinski definition) is 1. The van der Waals surface area contributed by atoms with Crippen LogP contribution in [-0.2, 0) is 11.3 Å². The van der Waals surface area contributed by atoms with Crippen LogP contribution in [0.2, 0.25) is 0 Å². The van der Waals surface area contributed by atoms with Crippen molar-refractivity contribution in [3.63, 3.8) is 0 Å². The quantitative estimate of drug-likeness (QED) is 0.869. The van der Waals surface area contributed by atoms with E-state index in [4.69, 9.17) is 5.26 Å². The summed E-state index contributed by atoms with van der Waals surface area (Å²) in [7, 11) is 1.36. The number of hydrogen-bond acceptors (Lipinski definition) is 5. The van der Waals surface area contributed by atoms with E-state index in [9.17, 15) is 4.79 Å². The Morgan fingerprint density at radius 1 is 1.42 bits per heavy atom. The average molecular weight is 272 g/mol. The SMILES string of the molecule is COC(=O)c1cccc(NCc2ccc(C#N)s2)c1. The molecule has 2 rings (SSSR count). The molecule has 4 nitrogen and oxygen atoms in total. The molecule has 1 aromatic carbocycles. The van der Waals surface area contributed by atoms with Gasteiger partial charge in [-0.2, -0.15) is 5.26 Å². The fourth-order valence-corrected chi connectivity index (χ4v) is 2.34. The molecular weight excluding hydrogens is 260 g/mol. The molecule has 19 heavy (non-hydrogen) atoms. The molecule has 0 spiro atoms. The summed E-state index contributed by atoms with van der Waals surface area (Å²) in [5.41, 5.74) is 1.35. The summed E-state index contributed by atoms with van der Waals surface area (Å²) in [5, 5.41) is 12.0. The highest BCUT2D eigenvalue weighted by Crippen LogP contribution is 2.18. The van der Waals surface area contributed by atoms with Crippen molar-refractivity contribution < 1.29 is 9.53 Å². The molecule has 1 N–H and O–H groups in total. The number of rotatable bonds is 4. The van der Waals surface area contributed by atoms with Gasteiger partial charge in [0.25, 0.3) is 0 Å². The molecule has 0 amide bonds. The molecule has 0 aliphatic carbocycles. The Bertz CT molecular complexity index is 628.